The molecule has 0 atom stereocenters. The molecule has 0 bridgehead atoms. The average Bonchev–Trinajstić information content (AvgIpc) is 2.55. The van der Waals surface area contributed by atoms with Gasteiger partial charge in [0.2, 0.25) is 0 Å². The molecule has 1 aromatic rings. The highest BCUT2D eigenvalue weighted by Crippen LogP contribution is 2.30. The Bertz CT molecular complexity index is 642. The van der Waals surface area contributed by atoms with Crippen LogP contribution in [0.5, 0.6) is 0 Å². The van der Waals surface area contributed by atoms with Gasteiger partial charge in [-0.2, -0.15) is 0 Å². The molecule has 1 heterocycles. The Morgan fingerprint density at radius 3 is 2.64 bits per heavy atom. The van der Waals surface area contributed by atoms with Crippen LogP contribution in [-0.4, -0.2) is 6.54 Å². The maximum absolute atomic E-state index is 3.54. The number of hydrogen-bond donors (Lipinski definition) is 1. The number of allylic oxidation sites excluding steroid dienone is 5. The van der Waals surface area contributed by atoms with Crippen LogP contribution in [0.4, 0.5) is 0 Å². The highest BCUT2D eigenvalue weighted by atomic mass is 14.9. The lowest BCUT2D eigenvalue weighted by molar-refractivity contribution is 0.644. The van der Waals surface area contributed by atoms with E-state index in [0.717, 1.165) is 25.8 Å². The smallest absolute Gasteiger partial charge is 0.0415 e. The van der Waals surface area contributed by atoms with Gasteiger partial charge in [-0.25, -0.2) is 0 Å². The number of nitrogens with one attached hydrogen (secondary N) is 1. The van der Waals surface area contributed by atoms with Crippen molar-refractivity contribution in [1.82, 2.24) is 5.32 Å². The lowest BCUT2D eigenvalue weighted by atomic mass is 9.90. The first-order valence-corrected chi connectivity index (χ1v) is 8.33. The molecule has 3 rings (SSSR count). The average molecular weight is 291 g/mol. The number of benzene rings is 1. The van der Waals surface area contributed by atoms with Gasteiger partial charge in [0.15, 0.2) is 0 Å². The molecule has 1 aliphatic carbocycles. The van der Waals surface area contributed by atoms with Crippen molar-refractivity contribution in [2.24, 2.45) is 5.92 Å². The van der Waals surface area contributed by atoms with Crippen molar-refractivity contribution in [2.45, 2.75) is 33.1 Å². The van der Waals surface area contributed by atoms with E-state index in [-0.39, 0.29) is 0 Å². The van der Waals surface area contributed by atoms with E-state index < -0.39 is 0 Å². The van der Waals surface area contributed by atoms with E-state index >= 15 is 0 Å². The second kappa shape index (κ2) is 6.83. The highest BCUT2D eigenvalue weighted by Gasteiger charge is 2.13. The van der Waals surface area contributed by atoms with Gasteiger partial charge in [0.25, 0.3) is 0 Å². The van der Waals surface area contributed by atoms with E-state index in [1.54, 1.807) is 0 Å². The standard InChI is InChI=1S/C21H25N/c1-16(2)13-17-11-12-22-21(14-17)20-10-6-9-19(15-20)18-7-4-3-5-8-18/h3-5,7-8,10-11,14-16,22H,6,9,12-13H2,1-2H3. The summed E-state index contributed by atoms with van der Waals surface area (Å²) < 4.78 is 0. The van der Waals surface area contributed by atoms with Crippen molar-refractivity contribution in [3.05, 3.63) is 77.0 Å². The molecule has 22 heavy (non-hydrogen) atoms. The lowest BCUT2D eigenvalue weighted by Gasteiger charge is -2.21. The monoisotopic (exact) mass is 291 g/mol. The Kier molecular flexibility index (Phi) is 4.62. The molecule has 114 valence electrons. The van der Waals surface area contributed by atoms with Crippen LogP contribution in [0, 0.1) is 5.92 Å². The molecule has 2 aliphatic rings. The van der Waals surface area contributed by atoms with Crippen LogP contribution in [0.1, 0.15) is 38.7 Å². The summed E-state index contributed by atoms with van der Waals surface area (Å²) in [7, 11) is 0. The zero-order valence-electron chi connectivity index (χ0n) is 13.6. The Morgan fingerprint density at radius 1 is 1.05 bits per heavy atom. The van der Waals surface area contributed by atoms with Gasteiger partial charge in [-0.1, -0.05) is 56.3 Å². The minimum atomic E-state index is 0.706. The molecule has 0 spiro atoms. The molecule has 0 amide bonds. The zero-order valence-corrected chi connectivity index (χ0v) is 13.6. The van der Waals surface area contributed by atoms with Gasteiger partial charge in [0.1, 0.15) is 0 Å². The van der Waals surface area contributed by atoms with E-state index in [4.69, 9.17) is 0 Å². The van der Waals surface area contributed by atoms with Crippen molar-refractivity contribution >= 4 is 5.57 Å². The van der Waals surface area contributed by atoms with E-state index in [1.165, 1.54) is 28.0 Å². The van der Waals surface area contributed by atoms with Crippen molar-refractivity contribution in [3.63, 3.8) is 0 Å². The summed E-state index contributed by atoms with van der Waals surface area (Å²) in [5.41, 5.74) is 6.89. The second-order valence-electron chi connectivity index (χ2n) is 6.55. The molecule has 1 nitrogen and oxygen atoms in total. The van der Waals surface area contributed by atoms with Gasteiger partial charge in [0.05, 0.1) is 0 Å². The van der Waals surface area contributed by atoms with Gasteiger partial charge >= 0.3 is 0 Å². The largest absolute Gasteiger partial charge is 0.381 e. The quantitative estimate of drug-likeness (QED) is 0.799. The summed E-state index contributed by atoms with van der Waals surface area (Å²) in [6, 6.07) is 10.7. The molecule has 1 aliphatic heterocycles. The highest BCUT2D eigenvalue weighted by molar-refractivity contribution is 5.71. The molecule has 1 aromatic carbocycles. The first-order valence-electron chi connectivity index (χ1n) is 8.33. The Morgan fingerprint density at radius 2 is 1.86 bits per heavy atom. The topological polar surface area (TPSA) is 12.0 Å². The fraction of sp³-hybridized carbons (Fsp3) is 0.333. The molecule has 0 radical (unpaired) electrons. The Hall–Kier alpha value is -2.02. The van der Waals surface area contributed by atoms with Crippen molar-refractivity contribution < 1.29 is 0 Å². The van der Waals surface area contributed by atoms with Crippen LogP contribution in [0.25, 0.3) is 5.57 Å². The summed E-state index contributed by atoms with van der Waals surface area (Å²) in [6.45, 7) is 5.51. The summed E-state index contributed by atoms with van der Waals surface area (Å²) >= 11 is 0. The lowest BCUT2D eigenvalue weighted by Crippen LogP contribution is -2.19. The predicted molar refractivity (Wildman–Crippen MR) is 95.4 cm³/mol. The maximum atomic E-state index is 3.54. The third-order valence-electron chi connectivity index (χ3n) is 4.19. The van der Waals surface area contributed by atoms with Gasteiger partial charge in [-0.15, -0.1) is 0 Å². The van der Waals surface area contributed by atoms with Gasteiger partial charge in [-0.05, 0) is 59.6 Å². The third-order valence-corrected chi connectivity index (χ3v) is 4.19. The predicted octanol–water partition coefficient (Wildman–Crippen LogP) is 5.25. The minimum absolute atomic E-state index is 0.706. The number of hydrogen-bond acceptors (Lipinski definition) is 1. The third kappa shape index (κ3) is 3.59. The molecule has 0 aromatic heterocycles. The van der Waals surface area contributed by atoms with Gasteiger partial charge in [0, 0.05) is 12.2 Å². The van der Waals surface area contributed by atoms with Crippen LogP contribution in [0.2, 0.25) is 0 Å². The van der Waals surface area contributed by atoms with Gasteiger partial charge in [-0.3, -0.25) is 0 Å². The molecular formula is C21H25N. The van der Waals surface area contributed by atoms with Crippen LogP contribution < -0.4 is 5.32 Å². The fourth-order valence-electron chi connectivity index (χ4n) is 3.16. The van der Waals surface area contributed by atoms with Crippen LogP contribution in [0.3, 0.4) is 0 Å². The zero-order chi connectivity index (χ0) is 15.4. The van der Waals surface area contributed by atoms with E-state index in [1.807, 2.05) is 0 Å². The first kappa shape index (κ1) is 14.9. The number of dihydropyridines is 1. The molecule has 0 unspecified atom stereocenters. The van der Waals surface area contributed by atoms with Gasteiger partial charge < -0.3 is 5.32 Å². The molecule has 0 fully saturated rings. The van der Waals surface area contributed by atoms with E-state index in [0.29, 0.717) is 5.92 Å². The van der Waals surface area contributed by atoms with Crippen molar-refractivity contribution in [3.8, 4) is 0 Å². The minimum Gasteiger partial charge on any atom is -0.381 e. The Labute approximate surface area is 134 Å². The summed E-state index contributed by atoms with van der Waals surface area (Å²) in [5, 5.41) is 3.54. The second-order valence-corrected chi connectivity index (χ2v) is 6.55. The molecule has 0 saturated heterocycles. The molecule has 1 heteroatoms. The van der Waals surface area contributed by atoms with E-state index in [9.17, 15) is 0 Å². The van der Waals surface area contributed by atoms with Crippen LogP contribution in [-0.2, 0) is 0 Å². The molecule has 1 N–H and O–H groups in total. The normalized spacial score (nSPS) is 18.1. The van der Waals surface area contributed by atoms with Crippen molar-refractivity contribution in [1.29, 1.82) is 0 Å². The maximum Gasteiger partial charge on any atom is 0.0415 e. The first-order chi connectivity index (χ1) is 10.7. The number of rotatable bonds is 4. The fourth-order valence-corrected chi connectivity index (χ4v) is 3.16. The summed E-state index contributed by atoms with van der Waals surface area (Å²) in [4.78, 5) is 0. The van der Waals surface area contributed by atoms with Crippen molar-refractivity contribution in [2.75, 3.05) is 6.54 Å². The molecule has 0 saturated carbocycles. The summed E-state index contributed by atoms with van der Waals surface area (Å²) in [5.74, 6) is 0.706. The van der Waals surface area contributed by atoms with Crippen LogP contribution >= 0.6 is 0 Å². The van der Waals surface area contributed by atoms with Crippen LogP contribution in [0.15, 0.2) is 71.5 Å². The van der Waals surface area contributed by atoms with E-state index in [2.05, 4.69) is 73.8 Å². The molecular weight excluding hydrogens is 266 g/mol. The SMILES string of the molecule is CC(C)CC1=CCNC(C2=CCCC(c3ccccc3)=C2)=C1. The Balaban J connectivity index is 1.83. The summed E-state index contributed by atoms with van der Waals surface area (Å²) in [6.07, 6.45) is 12.8.